The summed E-state index contributed by atoms with van der Waals surface area (Å²) in [6.07, 6.45) is -0.903. The highest BCUT2D eigenvalue weighted by Gasteiger charge is 2.29. The molecule has 0 atom stereocenters. The smallest absolute Gasteiger partial charge is 0.390 e. The lowest BCUT2D eigenvalue weighted by Crippen LogP contribution is -2.29. The van der Waals surface area contributed by atoms with Crippen LogP contribution >= 0.6 is 0 Å². The molecule has 0 bridgehead atoms. The maximum atomic E-state index is 12.0. The molecule has 29 heavy (non-hydrogen) atoms. The molecule has 4 N–H and O–H groups in total. The van der Waals surface area contributed by atoms with E-state index < -0.39 is 25.0 Å². The third-order valence-corrected chi connectivity index (χ3v) is 3.78. The predicted molar refractivity (Wildman–Crippen MR) is 102 cm³/mol. The molecule has 6 nitrogen and oxygen atoms in total. The van der Waals surface area contributed by atoms with Crippen LogP contribution in [0.1, 0.15) is 22.3 Å². The van der Waals surface area contributed by atoms with Gasteiger partial charge in [0, 0.05) is 26.3 Å². The summed E-state index contributed by atoms with van der Waals surface area (Å²) in [6, 6.07) is 11.7. The topological polar surface area (TPSA) is 92.4 Å². The van der Waals surface area contributed by atoms with Gasteiger partial charge in [-0.3, -0.25) is 4.79 Å². The number of nitrogens with one attached hydrogen (secondary N) is 1. The molecular weight excluding hydrogens is 387 g/mol. The van der Waals surface area contributed by atoms with E-state index >= 15 is 0 Å². The zero-order chi connectivity index (χ0) is 21.9. The van der Waals surface area contributed by atoms with Gasteiger partial charge in [0.25, 0.3) is 5.91 Å². The molecule has 0 saturated carbocycles. The van der Waals surface area contributed by atoms with Gasteiger partial charge in [0.05, 0.1) is 12.7 Å². The second kappa shape index (κ2) is 11.8. The molecule has 2 aliphatic heterocycles. The molecule has 1 amide bonds. The van der Waals surface area contributed by atoms with Gasteiger partial charge in [0.1, 0.15) is 24.4 Å². The Hall–Kier alpha value is -2.91. The number of aliphatic hydroxyl groups excluding tert-OH is 1. The molecule has 0 aromatic heterocycles. The summed E-state index contributed by atoms with van der Waals surface area (Å²) in [7, 11) is 2.74. The molecule has 0 spiro atoms. The van der Waals surface area contributed by atoms with Crippen molar-refractivity contribution in [3.05, 3.63) is 66.2 Å². The average Bonchev–Trinajstić information content (AvgIpc) is 3.07. The lowest BCUT2D eigenvalue weighted by Gasteiger charge is -2.06. The van der Waals surface area contributed by atoms with Crippen LogP contribution in [0.15, 0.2) is 59.5 Å². The summed E-state index contributed by atoms with van der Waals surface area (Å²) in [5.74, 6) is -0.545. The summed E-state index contributed by atoms with van der Waals surface area (Å²) in [5.41, 5.74) is 8.17. The van der Waals surface area contributed by atoms with Crippen LogP contribution in [0.5, 0.6) is 0 Å². The fraction of sp³-hybridized carbons (Fsp3) is 0.300. The van der Waals surface area contributed by atoms with Gasteiger partial charge in [0.2, 0.25) is 5.69 Å². The van der Waals surface area contributed by atoms with Crippen molar-refractivity contribution in [1.82, 2.24) is 5.32 Å². The molecule has 2 aliphatic rings. The van der Waals surface area contributed by atoms with Crippen LogP contribution in [0.3, 0.4) is 0 Å². The van der Waals surface area contributed by atoms with E-state index in [9.17, 15) is 18.0 Å². The number of carbonyl (C=O) groups excluding carboxylic acids is 1. The fourth-order valence-electron chi connectivity index (χ4n) is 2.41. The van der Waals surface area contributed by atoms with Crippen molar-refractivity contribution in [2.75, 3.05) is 13.7 Å². The number of aromatic nitrogens is 1. The number of nitrogens with two attached hydrogens (primary N) is 1. The van der Waals surface area contributed by atoms with Crippen LogP contribution in [-0.4, -0.2) is 30.8 Å². The quantitative estimate of drug-likeness (QED) is 0.575. The van der Waals surface area contributed by atoms with E-state index in [1.807, 2.05) is 30.3 Å². The van der Waals surface area contributed by atoms with E-state index in [2.05, 4.69) is 5.32 Å². The van der Waals surface area contributed by atoms with E-state index in [1.54, 1.807) is 23.9 Å². The maximum absolute atomic E-state index is 12.0. The van der Waals surface area contributed by atoms with Crippen molar-refractivity contribution >= 4 is 5.91 Å². The molecule has 0 radical (unpaired) electrons. The maximum Gasteiger partial charge on any atom is 0.390 e. The van der Waals surface area contributed by atoms with E-state index in [0.717, 1.165) is 12.8 Å². The van der Waals surface area contributed by atoms with E-state index in [1.165, 1.54) is 18.1 Å². The summed E-state index contributed by atoms with van der Waals surface area (Å²) >= 11 is 0. The standard InChI is InChI=1S/C12H11F3N2O2.C7H9N.CH4O/c1-17-6-8(9-7-19-5-2-10(9)17)11(18)16-4-3-12(13,14)15;8-6-7-4-2-1-3-5-7;1-2/h2,5-7H,3-4H2,1H3;1-5H,6,8H2;2H,1H3/p+1. The van der Waals surface area contributed by atoms with Gasteiger partial charge in [-0.05, 0) is 5.56 Å². The number of rotatable bonds is 4. The van der Waals surface area contributed by atoms with Crippen molar-refractivity contribution in [2.45, 2.75) is 19.1 Å². The van der Waals surface area contributed by atoms with E-state index in [0.29, 0.717) is 17.7 Å². The van der Waals surface area contributed by atoms with E-state index in [-0.39, 0.29) is 0 Å². The number of hydrogen-bond acceptors (Lipinski definition) is 4. The molecule has 158 valence electrons. The first-order valence-corrected chi connectivity index (χ1v) is 8.70. The summed E-state index contributed by atoms with van der Waals surface area (Å²) < 4.78 is 42.7. The van der Waals surface area contributed by atoms with Gasteiger partial charge >= 0.3 is 6.18 Å². The highest BCUT2D eigenvalue weighted by Crippen LogP contribution is 2.23. The number of halogens is 3. The summed E-state index contributed by atoms with van der Waals surface area (Å²) in [4.78, 5) is 11.8. The van der Waals surface area contributed by atoms with Crippen LogP contribution in [0.2, 0.25) is 0 Å². The number of amides is 1. The number of hydrogen-bond donors (Lipinski definition) is 3. The minimum absolute atomic E-state index is 0.295. The number of aryl methyl sites for hydroxylation is 1. The van der Waals surface area contributed by atoms with Crippen molar-refractivity contribution < 1.29 is 32.1 Å². The second-order valence-electron chi connectivity index (χ2n) is 5.82. The third kappa shape index (κ3) is 7.92. The van der Waals surface area contributed by atoms with Crippen molar-refractivity contribution in [2.24, 2.45) is 12.8 Å². The Balaban J connectivity index is 0.000000351. The predicted octanol–water partition coefficient (Wildman–Crippen LogP) is 2.64. The molecular formula is C20H25F3N3O3+. The minimum Gasteiger partial charge on any atom is -0.471 e. The van der Waals surface area contributed by atoms with Gasteiger partial charge in [-0.15, -0.1) is 0 Å². The SMILES string of the molecule is CO.C[n+]1cc(C(=O)NCCC(F)(F)F)c2coccc1-2.NCc1ccccc1. The van der Waals surface area contributed by atoms with Crippen LogP contribution < -0.4 is 15.6 Å². The second-order valence-corrected chi connectivity index (χ2v) is 5.82. The van der Waals surface area contributed by atoms with Crippen LogP contribution in [0.4, 0.5) is 13.2 Å². The molecule has 1 aromatic carbocycles. The number of benzene rings is 1. The van der Waals surface area contributed by atoms with Gasteiger partial charge < -0.3 is 20.6 Å². The lowest BCUT2D eigenvalue weighted by atomic mass is 10.1. The normalized spacial score (nSPS) is 10.4. The average molecular weight is 412 g/mol. The first-order chi connectivity index (χ1) is 13.8. The van der Waals surface area contributed by atoms with Crippen molar-refractivity contribution in [3.63, 3.8) is 0 Å². The van der Waals surface area contributed by atoms with Gasteiger partial charge in [-0.2, -0.15) is 17.7 Å². The van der Waals surface area contributed by atoms with E-state index in [4.69, 9.17) is 15.3 Å². The molecule has 9 heteroatoms. The first-order valence-electron chi connectivity index (χ1n) is 8.70. The first kappa shape index (κ1) is 24.1. The Kier molecular flexibility index (Phi) is 9.84. The lowest BCUT2D eigenvalue weighted by molar-refractivity contribution is -0.657. The summed E-state index contributed by atoms with van der Waals surface area (Å²) in [6.45, 7) is 0.198. The Bertz CT molecular complexity index is 836. The number of alkyl halides is 3. The number of nitrogens with zero attached hydrogens (tertiary/aromatic N) is 1. The molecule has 0 aliphatic carbocycles. The van der Waals surface area contributed by atoms with Gasteiger partial charge in [-0.25, -0.2) is 0 Å². The van der Waals surface area contributed by atoms with Crippen LogP contribution in [0.25, 0.3) is 11.3 Å². The number of carbonyl (C=O) groups is 1. The Morgan fingerprint density at radius 2 is 1.86 bits per heavy atom. The zero-order valence-electron chi connectivity index (χ0n) is 16.2. The third-order valence-electron chi connectivity index (χ3n) is 3.78. The molecule has 0 unspecified atom stereocenters. The van der Waals surface area contributed by atoms with Crippen molar-refractivity contribution in [1.29, 1.82) is 0 Å². The highest BCUT2D eigenvalue weighted by atomic mass is 19.4. The number of aliphatic hydroxyl groups is 1. The minimum atomic E-state index is -4.28. The van der Waals surface area contributed by atoms with Crippen molar-refractivity contribution in [3.8, 4) is 11.3 Å². The molecule has 3 rings (SSSR count). The van der Waals surface area contributed by atoms with Crippen LogP contribution in [-0.2, 0) is 13.6 Å². The summed E-state index contributed by atoms with van der Waals surface area (Å²) in [5, 5.41) is 9.25. The Morgan fingerprint density at radius 3 is 2.41 bits per heavy atom. The Labute approximate surface area is 167 Å². The largest absolute Gasteiger partial charge is 0.471 e. The van der Waals surface area contributed by atoms with Crippen LogP contribution in [0, 0.1) is 0 Å². The Morgan fingerprint density at radius 1 is 1.21 bits per heavy atom. The molecule has 0 fully saturated rings. The molecule has 2 heterocycles. The van der Waals surface area contributed by atoms with Gasteiger partial charge in [0.15, 0.2) is 6.20 Å². The van der Waals surface area contributed by atoms with Gasteiger partial charge in [-0.1, -0.05) is 30.3 Å². The fourth-order valence-corrected chi connectivity index (χ4v) is 2.41. The zero-order valence-corrected chi connectivity index (χ0v) is 16.2. The molecule has 1 aromatic rings. The monoisotopic (exact) mass is 412 g/mol. The highest BCUT2D eigenvalue weighted by molar-refractivity contribution is 5.99. The molecule has 0 saturated heterocycles. The number of fused-ring (bicyclic) bond motifs is 1.